The average Bonchev–Trinajstić information content (AvgIpc) is 2.82. The zero-order valence-electron chi connectivity index (χ0n) is 19.0. The van der Waals surface area contributed by atoms with Crippen molar-refractivity contribution in [3.63, 3.8) is 0 Å². The summed E-state index contributed by atoms with van der Waals surface area (Å²) < 4.78 is 20.7. The molecule has 1 N–H and O–H groups in total. The van der Waals surface area contributed by atoms with Crippen molar-refractivity contribution < 1.29 is 13.9 Å². The Balaban J connectivity index is 1.21. The molecule has 0 radical (unpaired) electrons. The Morgan fingerprint density at radius 3 is 2.64 bits per heavy atom. The second-order valence-electron chi connectivity index (χ2n) is 9.94. The third-order valence-corrected chi connectivity index (χ3v) is 7.88. The van der Waals surface area contributed by atoms with Crippen molar-refractivity contribution in [3.8, 4) is 5.75 Å². The fraction of sp³-hybridized carbons (Fsp3) is 0.519. The van der Waals surface area contributed by atoms with E-state index in [-0.39, 0.29) is 29.3 Å². The fourth-order valence-electron chi connectivity index (χ4n) is 5.78. The van der Waals surface area contributed by atoms with Crippen LogP contribution in [0, 0.1) is 11.7 Å². The molecule has 1 aliphatic carbocycles. The number of piperidine rings is 1. The molecule has 2 fully saturated rings. The Hall–Kier alpha value is -2.11. The van der Waals surface area contributed by atoms with Crippen LogP contribution in [0.4, 0.5) is 4.39 Å². The van der Waals surface area contributed by atoms with Crippen LogP contribution in [0.1, 0.15) is 68.5 Å². The van der Waals surface area contributed by atoms with Crippen LogP contribution in [0.5, 0.6) is 5.75 Å². The molecule has 2 aromatic carbocycles. The first-order chi connectivity index (χ1) is 16.0. The summed E-state index contributed by atoms with van der Waals surface area (Å²) in [5.74, 6) is 0.793. The Morgan fingerprint density at radius 1 is 1.12 bits per heavy atom. The van der Waals surface area contributed by atoms with Gasteiger partial charge in [0, 0.05) is 35.0 Å². The number of nitrogens with one attached hydrogen (secondary N) is 1. The first-order valence-corrected chi connectivity index (χ1v) is 12.6. The van der Waals surface area contributed by atoms with Gasteiger partial charge < -0.3 is 10.1 Å². The monoisotopic (exact) mass is 470 g/mol. The molecular weight excluding hydrogens is 439 g/mol. The summed E-state index contributed by atoms with van der Waals surface area (Å²) in [6.45, 7) is 2.12. The lowest BCUT2D eigenvalue weighted by Gasteiger charge is -2.45. The van der Waals surface area contributed by atoms with Gasteiger partial charge >= 0.3 is 0 Å². The molecule has 5 rings (SSSR count). The number of hydrogen-bond donors (Lipinski definition) is 1. The van der Waals surface area contributed by atoms with Gasteiger partial charge in [0.25, 0.3) is 0 Å². The number of hydrogen-bond acceptors (Lipinski definition) is 3. The van der Waals surface area contributed by atoms with E-state index in [4.69, 9.17) is 16.3 Å². The van der Waals surface area contributed by atoms with E-state index in [1.54, 1.807) is 12.1 Å². The van der Waals surface area contributed by atoms with Gasteiger partial charge in [-0.1, -0.05) is 42.3 Å². The topological polar surface area (TPSA) is 41.6 Å². The Kier molecular flexibility index (Phi) is 6.62. The molecule has 6 heteroatoms. The molecule has 2 heterocycles. The van der Waals surface area contributed by atoms with Crippen LogP contribution in [0.2, 0.25) is 5.02 Å². The zero-order valence-corrected chi connectivity index (χ0v) is 19.7. The minimum absolute atomic E-state index is 0.00161. The first kappa shape index (κ1) is 22.7. The molecule has 1 spiro atoms. The summed E-state index contributed by atoms with van der Waals surface area (Å²) in [4.78, 5) is 15.5. The van der Waals surface area contributed by atoms with Crippen molar-refractivity contribution in [2.45, 2.75) is 69.6 Å². The molecule has 33 heavy (non-hydrogen) atoms. The lowest BCUT2D eigenvalue weighted by Crippen LogP contribution is -2.48. The second kappa shape index (κ2) is 9.63. The molecule has 1 saturated heterocycles. The van der Waals surface area contributed by atoms with Gasteiger partial charge in [-0.25, -0.2) is 4.39 Å². The van der Waals surface area contributed by atoms with Crippen LogP contribution < -0.4 is 10.1 Å². The van der Waals surface area contributed by atoms with Crippen molar-refractivity contribution >= 4 is 17.5 Å². The quantitative estimate of drug-likeness (QED) is 0.592. The minimum Gasteiger partial charge on any atom is -0.487 e. The summed E-state index contributed by atoms with van der Waals surface area (Å²) >= 11 is 5.87. The van der Waals surface area contributed by atoms with Crippen molar-refractivity contribution in [1.29, 1.82) is 0 Å². The molecule has 0 bridgehead atoms. The summed E-state index contributed by atoms with van der Waals surface area (Å²) in [7, 11) is 0. The van der Waals surface area contributed by atoms with Crippen LogP contribution in [0.3, 0.4) is 0 Å². The maximum Gasteiger partial charge on any atom is 0.223 e. The normalized spacial score (nSPS) is 23.0. The van der Waals surface area contributed by atoms with E-state index in [2.05, 4.69) is 16.3 Å². The molecule has 176 valence electrons. The SMILES string of the molecule is O=C(N[C@@H]1CC2(CCCCC2)Oc2ccccc21)C1CCN(Cc2ccc(Cl)cc2F)CC1. The highest BCUT2D eigenvalue weighted by Crippen LogP contribution is 2.46. The van der Waals surface area contributed by atoms with Gasteiger partial charge in [0.05, 0.1) is 6.04 Å². The van der Waals surface area contributed by atoms with Gasteiger partial charge in [-0.2, -0.15) is 0 Å². The van der Waals surface area contributed by atoms with Crippen LogP contribution in [0.15, 0.2) is 42.5 Å². The highest BCUT2D eigenvalue weighted by molar-refractivity contribution is 6.30. The Morgan fingerprint density at radius 2 is 1.88 bits per heavy atom. The second-order valence-corrected chi connectivity index (χ2v) is 10.4. The summed E-state index contributed by atoms with van der Waals surface area (Å²) in [5, 5.41) is 3.80. The molecule has 0 aromatic heterocycles. The van der Waals surface area contributed by atoms with E-state index in [0.717, 1.165) is 56.5 Å². The predicted molar refractivity (Wildman–Crippen MR) is 128 cm³/mol. The number of para-hydroxylation sites is 1. The van der Waals surface area contributed by atoms with E-state index in [0.29, 0.717) is 17.1 Å². The third-order valence-electron chi connectivity index (χ3n) is 7.65. The van der Waals surface area contributed by atoms with E-state index >= 15 is 0 Å². The molecule has 1 atom stereocenters. The standard InChI is InChI=1S/C27H32ClFN2O2/c28-21-9-8-20(23(29)16-21)18-31-14-10-19(11-15-31)26(32)30-24-17-27(12-4-1-5-13-27)33-25-7-3-2-6-22(24)25/h2-3,6-9,16,19,24H,1,4-5,10-15,17-18H2,(H,30,32)/t24-/m1/s1. The van der Waals surface area contributed by atoms with E-state index in [1.165, 1.54) is 25.3 Å². The first-order valence-electron chi connectivity index (χ1n) is 12.3. The maximum atomic E-state index is 14.2. The largest absolute Gasteiger partial charge is 0.487 e. The number of likely N-dealkylation sites (tertiary alicyclic amines) is 1. The van der Waals surface area contributed by atoms with Crippen molar-refractivity contribution in [3.05, 3.63) is 64.4 Å². The van der Waals surface area contributed by atoms with Gasteiger partial charge in [-0.15, -0.1) is 0 Å². The number of carbonyl (C=O) groups is 1. The lowest BCUT2D eigenvalue weighted by molar-refractivity contribution is -0.128. The van der Waals surface area contributed by atoms with Gasteiger partial charge in [0.2, 0.25) is 5.91 Å². The van der Waals surface area contributed by atoms with Gasteiger partial charge in [0.15, 0.2) is 0 Å². The van der Waals surface area contributed by atoms with E-state index in [9.17, 15) is 9.18 Å². The van der Waals surface area contributed by atoms with Crippen molar-refractivity contribution in [1.82, 2.24) is 10.2 Å². The molecule has 0 unspecified atom stereocenters. The summed E-state index contributed by atoms with van der Waals surface area (Å²) in [6.07, 6.45) is 8.20. The number of benzene rings is 2. The highest BCUT2D eigenvalue weighted by Gasteiger charge is 2.42. The molecule has 3 aliphatic rings. The zero-order chi connectivity index (χ0) is 22.8. The maximum absolute atomic E-state index is 14.2. The van der Waals surface area contributed by atoms with Crippen molar-refractivity contribution in [2.24, 2.45) is 5.92 Å². The third kappa shape index (κ3) is 5.04. The minimum atomic E-state index is -0.266. The summed E-state index contributed by atoms with van der Waals surface area (Å²) in [6, 6.07) is 13.0. The lowest BCUT2D eigenvalue weighted by atomic mass is 9.77. The smallest absolute Gasteiger partial charge is 0.223 e. The summed E-state index contributed by atoms with van der Waals surface area (Å²) in [5.41, 5.74) is 1.60. The highest BCUT2D eigenvalue weighted by atomic mass is 35.5. The van der Waals surface area contributed by atoms with Crippen LogP contribution >= 0.6 is 11.6 Å². The van der Waals surface area contributed by atoms with E-state index in [1.807, 2.05) is 18.2 Å². The number of rotatable bonds is 4. The molecule has 2 aromatic rings. The van der Waals surface area contributed by atoms with E-state index < -0.39 is 0 Å². The van der Waals surface area contributed by atoms with Crippen LogP contribution in [-0.2, 0) is 11.3 Å². The van der Waals surface area contributed by atoms with Crippen LogP contribution in [-0.4, -0.2) is 29.5 Å². The molecule has 4 nitrogen and oxygen atoms in total. The number of nitrogens with zero attached hydrogens (tertiary/aromatic N) is 1. The van der Waals surface area contributed by atoms with Gasteiger partial charge in [0.1, 0.15) is 17.2 Å². The Labute approximate surface area is 200 Å². The number of carbonyl (C=O) groups excluding carboxylic acids is 1. The number of amides is 1. The average molecular weight is 471 g/mol. The molecule has 2 aliphatic heterocycles. The number of fused-ring (bicyclic) bond motifs is 1. The molecular formula is C27H32ClFN2O2. The van der Waals surface area contributed by atoms with Gasteiger partial charge in [-0.3, -0.25) is 9.69 Å². The predicted octanol–water partition coefficient (Wildman–Crippen LogP) is 6.03. The molecule has 1 saturated carbocycles. The van der Waals surface area contributed by atoms with Gasteiger partial charge in [-0.05, 0) is 69.8 Å². The fourth-order valence-corrected chi connectivity index (χ4v) is 5.94. The molecule has 1 amide bonds. The number of halogens is 2. The Bertz CT molecular complexity index is 999. The van der Waals surface area contributed by atoms with Crippen LogP contribution in [0.25, 0.3) is 0 Å². The number of ether oxygens (including phenoxy) is 1. The van der Waals surface area contributed by atoms with Crippen molar-refractivity contribution in [2.75, 3.05) is 13.1 Å².